The number of hydrogen-bond acceptors (Lipinski definition) is 3. The van der Waals surface area contributed by atoms with Crippen LogP contribution in [0.1, 0.15) is 18.0 Å². The van der Waals surface area contributed by atoms with Crippen LogP contribution in [-0.4, -0.2) is 47.6 Å². The van der Waals surface area contributed by atoms with Crippen LogP contribution in [-0.2, 0) is 14.4 Å². The molecule has 124 valence electrons. The third-order valence-electron chi connectivity index (χ3n) is 3.88. The summed E-state index contributed by atoms with van der Waals surface area (Å²) in [5, 5.41) is 11.4. The number of halogens is 2. The number of likely N-dealkylation sites (tertiary alicyclic amines) is 1. The summed E-state index contributed by atoms with van der Waals surface area (Å²) in [7, 11) is 1.56. The molecule has 2 amide bonds. The normalized spacial score (nSPS) is 22.0. The molecule has 0 saturated carbocycles. The molecule has 3 unspecified atom stereocenters. The van der Waals surface area contributed by atoms with Gasteiger partial charge in [0.2, 0.25) is 11.8 Å². The number of benzene rings is 1. The van der Waals surface area contributed by atoms with Gasteiger partial charge in [-0.15, -0.1) is 0 Å². The Morgan fingerprint density at radius 3 is 2.78 bits per heavy atom. The van der Waals surface area contributed by atoms with Gasteiger partial charge in [-0.1, -0.05) is 23.7 Å². The molecular formula is C15H16ClFN2O4. The maximum Gasteiger partial charge on any atom is 0.328 e. The number of nitrogens with one attached hydrogen (secondary N) is 1. The summed E-state index contributed by atoms with van der Waals surface area (Å²) in [6.45, 7) is -1.22. The second kappa shape index (κ2) is 6.95. The average molecular weight is 343 g/mol. The Hall–Kier alpha value is -2.15. The lowest BCUT2D eigenvalue weighted by Crippen LogP contribution is -2.46. The first-order valence-electron chi connectivity index (χ1n) is 6.95. The fraction of sp³-hybridized carbons (Fsp3) is 0.400. The zero-order valence-electron chi connectivity index (χ0n) is 12.3. The fourth-order valence-corrected chi connectivity index (χ4v) is 2.90. The van der Waals surface area contributed by atoms with Gasteiger partial charge >= 0.3 is 5.97 Å². The molecule has 0 aliphatic carbocycles. The Morgan fingerprint density at radius 1 is 1.52 bits per heavy atom. The van der Waals surface area contributed by atoms with Gasteiger partial charge in [-0.25, -0.2) is 9.18 Å². The van der Waals surface area contributed by atoms with Crippen LogP contribution in [0, 0.1) is 5.92 Å². The highest BCUT2D eigenvalue weighted by atomic mass is 35.5. The third-order valence-corrected chi connectivity index (χ3v) is 4.12. The fourth-order valence-electron chi connectivity index (χ4n) is 2.70. The number of carbonyl (C=O) groups excluding carboxylic acids is 2. The molecule has 1 aliphatic heterocycles. The number of nitrogens with zero attached hydrogens (tertiary/aromatic N) is 1. The largest absolute Gasteiger partial charge is 0.480 e. The first-order chi connectivity index (χ1) is 10.8. The smallest absolute Gasteiger partial charge is 0.328 e. The van der Waals surface area contributed by atoms with Crippen LogP contribution in [0.2, 0.25) is 5.02 Å². The van der Waals surface area contributed by atoms with Crippen molar-refractivity contribution < 1.29 is 23.9 Å². The van der Waals surface area contributed by atoms with Crippen molar-refractivity contribution in [3.63, 3.8) is 0 Å². The third kappa shape index (κ3) is 3.61. The van der Waals surface area contributed by atoms with Gasteiger partial charge in [0.1, 0.15) is 6.67 Å². The van der Waals surface area contributed by atoms with E-state index in [9.17, 15) is 18.8 Å². The summed E-state index contributed by atoms with van der Waals surface area (Å²) in [6, 6.07) is 4.55. The molecule has 1 aliphatic rings. The summed E-state index contributed by atoms with van der Waals surface area (Å²) < 4.78 is 12.7. The molecule has 0 aromatic heterocycles. The summed E-state index contributed by atoms with van der Waals surface area (Å²) >= 11 is 5.95. The van der Waals surface area contributed by atoms with E-state index in [2.05, 4.69) is 5.32 Å². The molecule has 3 atom stereocenters. The van der Waals surface area contributed by atoms with Gasteiger partial charge in [-0.3, -0.25) is 9.59 Å². The van der Waals surface area contributed by atoms with E-state index < -0.39 is 36.6 Å². The maximum absolute atomic E-state index is 12.7. The van der Waals surface area contributed by atoms with E-state index in [1.165, 1.54) is 4.90 Å². The predicted octanol–water partition coefficient (Wildman–Crippen LogP) is 1.40. The van der Waals surface area contributed by atoms with E-state index in [1.54, 1.807) is 31.3 Å². The van der Waals surface area contributed by atoms with E-state index >= 15 is 0 Å². The van der Waals surface area contributed by atoms with Gasteiger partial charge in [-0.05, 0) is 17.7 Å². The predicted molar refractivity (Wildman–Crippen MR) is 80.6 cm³/mol. The molecule has 1 aromatic carbocycles. The minimum atomic E-state index is -1.62. The van der Waals surface area contributed by atoms with E-state index in [-0.39, 0.29) is 12.3 Å². The second-order valence-corrected chi connectivity index (χ2v) is 5.81. The zero-order chi connectivity index (χ0) is 17.1. The summed E-state index contributed by atoms with van der Waals surface area (Å²) in [6.07, 6.45) is -0.0713. The van der Waals surface area contributed by atoms with Crippen LogP contribution < -0.4 is 5.32 Å². The lowest BCUT2D eigenvalue weighted by atomic mass is 9.92. The average Bonchev–Trinajstić information content (AvgIpc) is 2.80. The molecule has 6 nitrogen and oxygen atoms in total. The molecule has 1 heterocycles. The quantitative estimate of drug-likeness (QED) is 0.846. The number of carbonyl (C=O) groups is 3. The Labute approximate surface area is 137 Å². The number of alkyl halides is 1. The van der Waals surface area contributed by atoms with Gasteiger partial charge in [0, 0.05) is 18.5 Å². The van der Waals surface area contributed by atoms with Crippen molar-refractivity contribution in [1.29, 1.82) is 0 Å². The van der Waals surface area contributed by atoms with E-state index in [0.29, 0.717) is 10.6 Å². The lowest BCUT2D eigenvalue weighted by Gasteiger charge is -2.25. The van der Waals surface area contributed by atoms with E-state index in [0.717, 1.165) is 0 Å². The molecule has 2 N–H and O–H groups in total. The SMILES string of the molecule is CN1C(=O)CC(C(=O)NC(CF)C(=O)O)C1c1cccc(Cl)c1. The number of carboxylic acids is 1. The van der Waals surface area contributed by atoms with Crippen molar-refractivity contribution in [3.8, 4) is 0 Å². The number of carboxylic acid groups (broad SMARTS) is 1. The summed E-state index contributed by atoms with van der Waals surface area (Å²) in [5.74, 6) is -3.18. The van der Waals surface area contributed by atoms with Gasteiger partial charge < -0.3 is 15.3 Å². The van der Waals surface area contributed by atoms with Crippen LogP contribution in [0.5, 0.6) is 0 Å². The number of hydrogen-bond donors (Lipinski definition) is 2. The first kappa shape index (κ1) is 17.2. The highest BCUT2D eigenvalue weighted by molar-refractivity contribution is 6.30. The molecule has 8 heteroatoms. The molecule has 0 radical (unpaired) electrons. The molecule has 1 fully saturated rings. The number of rotatable bonds is 5. The minimum Gasteiger partial charge on any atom is -0.480 e. The van der Waals surface area contributed by atoms with Gasteiger partial charge in [0.25, 0.3) is 0 Å². The van der Waals surface area contributed by atoms with Gasteiger partial charge in [0.15, 0.2) is 6.04 Å². The van der Waals surface area contributed by atoms with Crippen LogP contribution in [0.25, 0.3) is 0 Å². The summed E-state index contributed by atoms with van der Waals surface area (Å²) in [5.41, 5.74) is 0.665. The standard InChI is InChI=1S/C15H16ClFN2O4/c1-19-12(20)6-10(14(21)18-11(7-17)15(22)23)13(19)8-3-2-4-9(16)5-8/h2-5,10-11,13H,6-7H2,1H3,(H,18,21)(H,22,23). The van der Waals surface area contributed by atoms with Crippen LogP contribution in [0.3, 0.4) is 0 Å². The number of aliphatic carboxylic acids is 1. The van der Waals surface area contributed by atoms with Crippen molar-refractivity contribution in [1.82, 2.24) is 10.2 Å². The molecule has 2 rings (SSSR count). The Morgan fingerprint density at radius 2 is 2.22 bits per heavy atom. The molecule has 1 aromatic rings. The van der Waals surface area contributed by atoms with Crippen molar-refractivity contribution in [3.05, 3.63) is 34.9 Å². The Kier molecular flexibility index (Phi) is 5.20. The van der Waals surface area contributed by atoms with Gasteiger partial charge in [0.05, 0.1) is 12.0 Å². The highest BCUT2D eigenvalue weighted by Gasteiger charge is 2.43. The maximum atomic E-state index is 12.7. The Balaban J connectivity index is 2.26. The van der Waals surface area contributed by atoms with Crippen molar-refractivity contribution >= 4 is 29.4 Å². The molecule has 0 bridgehead atoms. The monoisotopic (exact) mass is 342 g/mol. The first-order valence-corrected chi connectivity index (χ1v) is 7.33. The highest BCUT2D eigenvalue weighted by Crippen LogP contribution is 2.37. The van der Waals surface area contributed by atoms with Gasteiger partial charge in [-0.2, -0.15) is 0 Å². The minimum absolute atomic E-state index is 0.0713. The lowest BCUT2D eigenvalue weighted by molar-refractivity contribution is -0.143. The molecule has 0 spiro atoms. The Bertz CT molecular complexity index is 640. The van der Waals surface area contributed by atoms with Crippen LogP contribution >= 0.6 is 11.6 Å². The molecular weight excluding hydrogens is 327 g/mol. The van der Waals surface area contributed by atoms with Crippen LogP contribution in [0.15, 0.2) is 24.3 Å². The molecule has 23 heavy (non-hydrogen) atoms. The van der Waals surface area contributed by atoms with E-state index in [4.69, 9.17) is 16.7 Å². The van der Waals surface area contributed by atoms with Crippen molar-refractivity contribution in [2.24, 2.45) is 5.92 Å². The second-order valence-electron chi connectivity index (χ2n) is 5.37. The summed E-state index contributed by atoms with van der Waals surface area (Å²) in [4.78, 5) is 36.6. The van der Waals surface area contributed by atoms with Crippen molar-refractivity contribution in [2.75, 3.05) is 13.7 Å². The van der Waals surface area contributed by atoms with Crippen molar-refractivity contribution in [2.45, 2.75) is 18.5 Å². The topological polar surface area (TPSA) is 86.7 Å². The number of amides is 2. The van der Waals surface area contributed by atoms with E-state index in [1.807, 2.05) is 0 Å². The molecule has 1 saturated heterocycles. The van der Waals surface area contributed by atoms with Crippen LogP contribution in [0.4, 0.5) is 4.39 Å². The zero-order valence-corrected chi connectivity index (χ0v) is 13.1.